The first kappa shape index (κ1) is 33.3. The largest absolute Gasteiger partial charge is 0.483 e. The second kappa shape index (κ2) is 13.8. The number of benzene rings is 1. The van der Waals surface area contributed by atoms with Crippen molar-refractivity contribution in [1.82, 2.24) is 24.8 Å². The van der Waals surface area contributed by atoms with E-state index in [1.165, 1.54) is 25.4 Å². The molecule has 3 aromatic rings. The molecule has 3 atom stereocenters. The topological polar surface area (TPSA) is 149 Å². The number of carbonyl (C=O) groups excluding carboxylic acids is 1. The second-order valence-electron chi connectivity index (χ2n) is 12.3. The zero-order valence-corrected chi connectivity index (χ0v) is 27.0. The van der Waals surface area contributed by atoms with Crippen molar-refractivity contribution in [3.05, 3.63) is 48.3 Å². The monoisotopic (exact) mass is 664 g/mol. The van der Waals surface area contributed by atoms with E-state index in [4.69, 9.17) is 14.2 Å². The normalized spacial score (nSPS) is 21.9. The highest BCUT2D eigenvalue weighted by atomic mass is 19.3. The van der Waals surface area contributed by atoms with Crippen molar-refractivity contribution < 1.29 is 32.9 Å². The number of anilines is 3. The van der Waals surface area contributed by atoms with Gasteiger partial charge in [-0.2, -0.15) is 10.2 Å². The molecule has 2 aromatic heterocycles. The van der Waals surface area contributed by atoms with Gasteiger partial charge in [-0.15, -0.1) is 0 Å². The Labute approximate surface area is 277 Å². The molecule has 13 nitrogen and oxygen atoms in total. The molecule has 3 aliphatic heterocycles. The van der Waals surface area contributed by atoms with Gasteiger partial charge in [0.2, 0.25) is 5.88 Å². The van der Waals surface area contributed by atoms with Crippen molar-refractivity contribution >= 4 is 23.2 Å². The zero-order valence-electron chi connectivity index (χ0n) is 27.0. The lowest BCUT2D eigenvalue weighted by Gasteiger charge is -2.46. The van der Waals surface area contributed by atoms with Crippen LogP contribution in [0.4, 0.5) is 26.1 Å². The van der Waals surface area contributed by atoms with Gasteiger partial charge in [-0.25, -0.2) is 18.7 Å². The Hall–Kier alpha value is -4.65. The lowest BCUT2D eigenvalue weighted by molar-refractivity contribution is -0.165. The third-order valence-electron chi connectivity index (χ3n) is 8.93. The van der Waals surface area contributed by atoms with Gasteiger partial charge in [-0.3, -0.25) is 9.69 Å². The number of halogens is 2. The lowest BCUT2D eigenvalue weighted by atomic mass is 10.0. The van der Waals surface area contributed by atoms with Crippen LogP contribution in [0.2, 0.25) is 0 Å². The number of pyridine rings is 1. The summed E-state index contributed by atoms with van der Waals surface area (Å²) in [6.45, 7) is 6.84. The van der Waals surface area contributed by atoms with Crippen molar-refractivity contribution in [3.8, 4) is 29.0 Å². The smallest absolute Gasteiger partial charge is 0.301 e. The van der Waals surface area contributed by atoms with Gasteiger partial charge >= 0.3 is 5.92 Å². The average Bonchev–Trinajstić information content (AvgIpc) is 3.04. The van der Waals surface area contributed by atoms with Gasteiger partial charge in [0, 0.05) is 50.3 Å². The molecule has 254 valence electrons. The van der Waals surface area contributed by atoms with Gasteiger partial charge in [-0.1, -0.05) is 0 Å². The van der Waals surface area contributed by atoms with E-state index in [1.807, 2.05) is 18.2 Å². The molecule has 6 rings (SSSR count). The molecule has 3 aliphatic rings. The minimum atomic E-state index is -3.38. The lowest BCUT2D eigenvalue weighted by Crippen LogP contribution is -2.59. The fourth-order valence-electron chi connectivity index (χ4n) is 6.25. The molecule has 5 heterocycles. The summed E-state index contributed by atoms with van der Waals surface area (Å²) in [7, 11) is 1.59. The standard InChI is InChI=1S/C33H38F2N8O5/c1-20-15-41(24-16-47-17-24)10-11-43(20)26-5-7-29(40-31(26)46-3)39-30-13-25(37-19-38-30)22-4-6-27(23(12-22)14-36)48-28-8-9-42(18-33(28,34)35)32(45)21(2)44/h4-7,12-13,19-21,24,28,44H,8-11,15-18H2,1-3H3,(H,37,38,39,40)/t20-,21-,28?/m1/s1. The van der Waals surface area contributed by atoms with Crippen LogP contribution in [-0.4, -0.2) is 119 Å². The van der Waals surface area contributed by atoms with Crippen LogP contribution in [0.5, 0.6) is 11.6 Å². The number of rotatable bonds is 9. The van der Waals surface area contributed by atoms with Gasteiger partial charge in [0.1, 0.15) is 41.6 Å². The van der Waals surface area contributed by atoms with Crippen LogP contribution in [0.25, 0.3) is 11.3 Å². The Morgan fingerprint density at radius 2 is 1.98 bits per heavy atom. The number of ether oxygens (including phenoxy) is 3. The van der Waals surface area contributed by atoms with Gasteiger partial charge < -0.3 is 34.4 Å². The first-order valence-electron chi connectivity index (χ1n) is 15.8. The number of aromatic nitrogens is 3. The molecule has 3 saturated heterocycles. The summed E-state index contributed by atoms with van der Waals surface area (Å²) in [4.78, 5) is 31.1. The van der Waals surface area contributed by atoms with E-state index in [9.17, 15) is 23.9 Å². The van der Waals surface area contributed by atoms with Crippen LogP contribution in [0.1, 0.15) is 25.8 Å². The zero-order chi connectivity index (χ0) is 34.0. The fourth-order valence-corrected chi connectivity index (χ4v) is 6.25. The van der Waals surface area contributed by atoms with Crippen molar-refractivity contribution in [2.75, 3.05) is 63.3 Å². The van der Waals surface area contributed by atoms with Gasteiger partial charge in [-0.05, 0) is 44.2 Å². The van der Waals surface area contributed by atoms with E-state index in [2.05, 4.69) is 37.0 Å². The SMILES string of the molecule is COc1nc(Nc2cc(-c3ccc(OC4CCN(C(=O)[C@@H](C)O)CC4(F)F)c(C#N)c3)ncn2)ccc1N1CCN(C2COC2)C[C@H]1C. The number of piperidine rings is 1. The van der Waals surface area contributed by atoms with E-state index in [0.29, 0.717) is 34.8 Å². The molecular formula is C33H38F2N8O5. The van der Waals surface area contributed by atoms with Crippen molar-refractivity contribution in [2.45, 2.75) is 50.5 Å². The minimum absolute atomic E-state index is 0.00203. The maximum atomic E-state index is 14.9. The number of alkyl halides is 2. The highest BCUT2D eigenvalue weighted by Crippen LogP contribution is 2.35. The number of nitriles is 1. The molecule has 0 radical (unpaired) electrons. The Kier molecular flexibility index (Phi) is 9.58. The Bertz CT molecular complexity index is 1680. The van der Waals surface area contributed by atoms with E-state index >= 15 is 0 Å². The number of hydrogen-bond donors (Lipinski definition) is 2. The number of nitrogens with one attached hydrogen (secondary N) is 1. The molecule has 0 aliphatic carbocycles. The number of aliphatic hydroxyl groups is 1. The Balaban J connectivity index is 1.13. The third-order valence-corrected chi connectivity index (χ3v) is 8.93. The van der Waals surface area contributed by atoms with E-state index in [-0.39, 0.29) is 30.3 Å². The maximum Gasteiger partial charge on any atom is 0.301 e. The predicted octanol–water partition coefficient (Wildman–Crippen LogP) is 3.07. The summed E-state index contributed by atoms with van der Waals surface area (Å²) in [6, 6.07) is 12.9. The van der Waals surface area contributed by atoms with Crippen LogP contribution in [0, 0.1) is 11.3 Å². The van der Waals surface area contributed by atoms with Crippen LogP contribution in [0.3, 0.4) is 0 Å². The van der Waals surface area contributed by atoms with Crippen molar-refractivity contribution in [2.24, 2.45) is 0 Å². The van der Waals surface area contributed by atoms with Crippen molar-refractivity contribution in [1.29, 1.82) is 5.26 Å². The number of piperazine rings is 1. The molecule has 0 saturated carbocycles. The summed E-state index contributed by atoms with van der Waals surface area (Å²) in [6.07, 6.45) is -1.71. The third kappa shape index (κ3) is 6.96. The Morgan fingerprint density at radius 1 is 1.17 bits per heavy atom. The fraction of sp³-hybridized carbons (Fsp3) is 0.485. The van der Waals surface area contributed by atoms with Crippen molar-refractivity contribution in [3.63, 3.8) is 0 Å². The highest BCUT2D eigenvalue weighted by Gasteiger charge is 2.48. The number of amides is 1. The summed E-state index contributed by atoms with van der Waals surface area (Å²) >= 11 is 0. The predicted molar refractivity (Wildman–Crippen MR) is 171 cm³/mol. The van der Waals surface area contributed by atoms with Gasteiger partial charge in [0.15, 0.2) is 6.10 Å². The average molecular weight is 665 g/mol. The molecule has 0 spiro atoms. The highest BCUT2D eigenvalue weighted by molar-refractivity contribution is 5.80. The Morgan fingerprint density at radius 3 is 2.65 bits per heavy atom. The summed E-state index contributed by atoms with van der Waals surface area (Å²) in [5.74, 6) is -2.69. The van der Waals surface area contributed by atoms with E-state index in [0.717, 1.165) is 43.4 Å². The molecule has 48 heavy (non-hydrogen) atoms. The molecule has 1 amide bonds. The summed E-state index contributed by atoms with van der Waals surface area (Å²) in [5, 5.41) is 22.5. The van der Waals surface area contributed by atoms with Gasteiger partial charge in [0.05, 0.1) is 44.2 Å². The summed E-state index contributed by atoms with van der Waals surface area (Å²) in [5.41, 5.74) is 2.00. The molecular weight excluding hydrogens is 626 g/mol. The molecule has 2 N–H and O–H groups in total. The summed E-state index contributed by atoms with van der Waals surface area (Å²) < 4.78 is 46.6. The van der Waals surface area contributed by atoms with E-state index < -0.39 is 30.6 Å². The molecule has 3 fully saturated rings. The molecule has 1 unspecified atom stereocenters. The van der Waals surface area contributed by atoms with Crippen LogP contribution >= 0.6 is 0 Å². The first-order valence-corrected chi connectivity index (χ1v) is 15.8. The van der Waals surface area contributed by atoms with Crippen LogP contribution in [0.15, 0.2) is 42.7 Å². The molecule has 1 aromatic carbocycles. The number of likely N-dealkylation sites (tertiary alicyclic amines) is 1. The first-order chi connectivity index (χ1) is 23.1. The second-order valence-corrected chi connectivity index (χ2v) is 12.3. The number of hydrogen-bond acceptors (Lipinski definition) is 12. The minimum Gasteiger partial charge on any atom is -0.483 e. The number of methoxy groups -OCH3 is 1. The quantitative estimate of drug-likeness (QED) is 0.346. The number of nitrogens with zero attached hydrogens (tertiary/aromatic N) is 7. The number of carbonyl (C=O) groups is 1. The van der Waals surface area contributed by atoms with E-state index in [1.54, 1.807) is 19.2 Å². The number of aliphatic hydroxyl groups excluding tert-OH is 1. The molecule has 15 heteroatoms. The van der Waals surface area contributed by atoms with Gasteiger partial charge in [0.25, 0.3) is 5.91 Å². The van der Waals surface area contributed by atoms with Crippen LogP contribution in [-0.2, 0) is 9.53 Å². The maximum absolute atomic E-state index is 14.9. The molecule has 0 bridgehead atoms. The van der Waals surface area contributed by atoms with Crippen LogP contribution < -0.4 is 19.7 Å².